The number of hydrogen-bond acceptors (Lipinski definition) is 5. The van der Waals surface area contributed by atoms with Crippen molar-refractivity contribution in [1.29, 1.82) is 0 Å². The lowest BCUT2D eigenvalue weighted by atomic mass is 10.0. The normalized spacial score (nSPS) is 19.8. The predicted octanol–water partition coefficient (Wildman–Crippen LogP) is 3.68. The minimum atomic E-state index is -0.509. The van der Waals surface area contributed by atoms with Crippen LogP contribution in [0.4, 0.5) is 10.1 Å². The maximum atomic E-state index is 13.6. The summed E-state index contributed by atoms with van der Waals surface area (Å²) in [5.41, 5.74) is -0.194. The van der Waals surface area contributed by atoms with E-state index >= 15 is 0 Å². The Kier molecular flexibility index (Phi) is 5.84. The summed E-state index contributed by atoms with van der Waals surface area (Å²) in [6.45, 7) is 1.11. The molecule has 1 fully saturated rings. The van der Waals surface area contributed by atoms with E-state index in [0.29, 0.717) is 37.3 Å². The van der Waals surface area contributed by atoms with E-state index in [9.17, 15) is 9.18 Å². The summed E-state index contributed by atoms with van der Waals surface area (Å²) in [5.74, 6) is 2.30. The van der Waals surface area contributed by atoms with E-state index in [1.165, 1.54) is 18.2 Å². The molecule has 26 heavy (non-hydrogen) atoms. The molecular formula is C19H22FN3O3. The fourth-order valence-corrected chi connectivity index (χ4v) is 2.88. The summed E-state index contributed by atoms with van der Waals surface area (Å²) in [7, 11) is 0. The Balaban J connectivity index is 1.53. The monoisotopic (exact) mass is 359 g/mol. The number of ether oxygens (including phenoxy) is 2. The molecule has 1 unspecified atom stereocenters. The van der Waals surface area contributed by atoms with Crippen molar-refractivity contribution >= 4 is 11.6 Å². The van der Waals surface area contributed by atoms with Crippen molar-refractivity contribution in [3.05, 3.63) is 24.0 Å². The number of amides is 1. The first kappa shape index (κ1) is 18.3. The van der Waals surface area contributed by atoms with Crippen molar-refractivity contribution in [3.8, 4) is 18.1 Å². The van der Waals surface area contributed by atoms with Crippen molar-refractivity contribution in [1.82, 2.24) is 0 Å². The number of benzene rings is 1. The summed E-state index contributed by atoms with van der Waals surface area (Å²) in [5, 5.41) is 10.7. The second-order valence-electron chi connectivity index (χ2n) is 6.52. The highest BCUT2D eigenvalue weighted by Gasteiger charge is 2.39. The molecule has 0 bridgehead atoms. The third kappa shape index (κ3) is 5.02. The molecule has 1 saturated heterocycles. The highest BCUT2D eigenvalue weighted by atomic mass is 19.1. The lowest BCUT2D eigenvalue weighted by Crippen LogP contribution is -2.19. The fourth-order valence-electron chi connectivity index (χ4n) is 2.88. The fraction of sp³-hybridized carbons (Fsp3) is 0.526. The lowest BCUT2D eigenvalue weighted by Gasteiger charge is -2.15. The van der Waals surface area contributed by atoms with E-state index in [1.54, 1.807) is 0 Å². The molecule has 0 spiro atoms. The zero-order valence-electron chi connectivity index (χ0n) is 14.5. The van der Waals surface area contributed by atoms with Gasteiger partial charge in [-0.15, -0.1) is 12.3 Å². The number of hydrogen-bond donors (Lipinski definition) is 1. The van der Waals surface area contributed by atoms with E-state index < -0.39 is 11.5 Å². The van der Waals surface area contributed by atoms with Gasteiger partial charge >= 0.3 is 0 Å². The first-order chi connectivity index (χ1) is 12.6. The van der Waals surface area contributed by atoms with Gasteiger partial charge < -0.3 is 14.8 Å². The van der Waals surface area contributed by atoms with Gasteiger partial charge in [0.1, 0.15) is 18.2 Å². The number of nitrogens with one attached hydrogen (secondary N) is 1. The number of rotatable bonds is 9. The molecule has 0 saturated carbocycles. The zero-order chi connectivity index (χ0) is 18.4. The average molecular weight is 359 g/mol. The molecule has 138 valence electrons. The van der Waals surface area contributed by atoms with Crippen molar-refractivity contribution < 1.29 is 18.7 Å². The van der Waals surface area contributed by atoms with Crippen LogP contribution < -0.4 is 10.1 Å². The highest BCUT2D eigenvalue weighted by Crippen LogP contribution is 2.37. The van der Waals surface area contributed by atoms with Gasteiger partial charge in [-0.1, -0.05) is 0 Å². The Labute approximate surface area is 152 Å². The van der Waals surface area contributed by atoms with Gasteiger partial charge in [0.2, 0.25) is 5.91 Å². The van der Waals surface area contributed by atoms with E-state index in [4.69, 9.17) is 15.9 Å². The Bertz CT molecular complexity index is 717. The van der Waals surface area contributed by atoms with Gasteiger partial charge in [-0.3, -0.25) is 4.79 Å². The van der Waals surface area contributed by atoms with E-state index in [1.807, 2.05) is 0 Å². The SMILES string of the molecule is C#CCCC1(CCC(=O)Nc2cc(F)ccc2OCC2CCCO2)N=N1. The molecule has 6 nitrogen and oxygen atoms in total. The van der Waals surface area contributed by atoms with Gasteiger partial charge in [-0.2, -0.15) is 10.2 Å². The molecule has 2 heterocycles. The maximum absolute atomic E-state index is 13.6. The smallest absolute Gasteiger partial charge is 0.224 e. The standard InChI is InChI=1S/C19H22FN3O3/c1-2-3-9-19(22-23-19)10-8-18(24)21-16-12-14(20)6-7-17(16)26-13-15-5-4-11-25-15/h1,6-7,12,15H,3-5,8-11,13H2,(H,21,24). The largest absolute Gasteiger partial charge is 0.489 e. The predicted molar refractivity (Wildman–Crippen MR) is 94.4 cm³/mol. The van der Waals surface area contributed by atoms with Crippen LogP contribution in [0.2, 0.25) is 0 Å². The molecule has 1 atom stereocenters. The number of anilines is 1. The molecule has 7 heteroatoms. The molecule has 2 aliphatic rings. The number of terminal acetylenes is 1. The summed E-state index contributed by atoms with van der Waals surface area (Å²) in [4.78, 5) is 12.2. The zero-order valence-corrected chi connectivity index (χ0v) is 14.5. The van der Waals surface area contributed by atoms with Crippen LogP contribution >= 0.6 is 0 Å². The molecule has 0 aromatic heterocycles. The lowest BCUT2D eigenvalue weighted by molar-refractivity contribution is -0.116. The van der Waals surface area contributed by atoms with E-state index in [0.717, 1.165) is 19.4 Å². The summed E-state index contributed by atoms with van der Waals surface area (Å²) in [6, 6.07) is 4.07. The molecule has 3 rings (SSSR count). The Morgan fingerprint density at radius 1 is 1.46 bits per heavy atom. The Morgan fingerprint density at radius 3 is 3.00 bits per heavy atom. The molecule has 0 aliphatic carbocycles. The van der Waals surface area contributed by atoms with Crippen molar-refractivity contribution in [2.24, 2.45) is 10.2 Å². The van der Waals surface area contributed by atoms with Gasteiger partial charge in [-0.25, -0.2) is 4.39 Å². The average Bonchev–Trinajstić information content (AvgIpc) is 3.21. The van der Waals surface area contributed by atoms with Gasteiger partial charge in [-0.05, 0) is 25.0 Å². The Hall–Kier alpha value is -2.46. The number of carbonyl (C=O) groups excluding carboxylic acids is 1. The molecule has 1 aromatic rings. The molecule has 1 N–H and O–H groups in total. The minimum absolute atomic E-state index is 0.0395. The van der Waals surface area contributed by atoms with Crippen LogP contribution in [-0.2, 0) is 9.53 Å². The second kappa shape index (κ2) is 8.28. The summed E-state index contributed by atoms with van der Waals surface area (Å²) >= 11 is 0. The quantitative estimate of drug-likeness (QED) is 0.684. The number of carbonyl (C=O) groups is 1. The first-order valence-corrected chi connectivity index (χ1v) is 8.81. The topological polar surface area (TPSA) is 72.3 Å². The summed E-state index contributed by atoms with van der Waals surface area (Å²) in [6.07, 6.45) is 9.17. The third-order valence-electron chi connectivity index (χ3n) is 4.47. The maximum Gasteiger partial charge on any atom is 0.224 e. The van der Waals surface area contributed by atoms with Crippen molar-refractivity contribution in [3.63, 3.8) is 0 Å². The van der Waals surface area contributed by atoms with Crippen LogP contribution in [0.1, 0.15) is 38.5 Å². The van der Waals surface area contributed by atoms with Crippen molar-refractivity contribution in [2.75, 3.05) is 18.5 Å². The number of halogens is 1. The van der Waals surface area contributed by atoms with E-state index in [2.05, 4.69) is 21.5 Å². The Morgan fingerprint density at radius 2 is 2.31 bits per heavy atom. The summed E-state index contributed by atoms with van der Waals surface area (Å²) < 4.78 is 24.8. The van der Waals surface area contributed by atoms with Gasteiger partial charge in [0.25, 0.3) is 0 Å². The molecule has 0 radical (unpaired) electrons. The third-order valence-corrected chi connectivity index (χ3v) is 4.47. The molecular weight excluding hydrogens is 337 g/mol. The van der Waals surface area contributed by atoms with Gasteiger partial charge in [0.15, 0.2) is 5.66 Å². The number of nitrogens with zero attached hydrogens (tertiary/aromatic N) is 2. The van der Waals surface area contributed by atoms with Crippen LogP contribution in [0, 0.1) is 18.2 Å². The van der Waals surface area contributed by atoms with Crippen LogP contribution in [0.15, 0.2) is 28.4 Å². The van der Waals surface area contributed by atoms with Gasteiger partial charge in [0, 0.05) is 38.4 Å². The molecule has 1 amide bonds. The molecule has 1 aromatic carbocycles. The van der Waals surface area contributed by atoms with Crippen molar-refractivity contribution in [2.45, 2.75) is 50.3 Å². The second-order valence-corrected chi connectivity index (χ2v) is 6.52. The van der Waals surface area contributed by atoms with Crippen LogP contribution in [-0.4, -0.2) is 30.9 Å². The van der Waals surface area contributed by atoms with Gasteiger partial charge in [0.05, 0.1) is 11.8 Å². The van der Waals surface area contributed by atoms with Crippen LogP contribution in [0.5, 0.6) is 5.75 Å². The highest BCUT2D eigenvalue weighted by molar-refractivity contribution is 5.92. The van der Waals surface area contributed by atoms with E-state index in [-0.39, 0.29) is 18.4 Å². The van der Waals surface area contributed by atoms with Crippen LogP contribution in [0.25, 0.3) is 0 Å². The molecule has 2 aliphatic heterocycles. The minimum Gasteiger partial charge on any atom is -0.489 e. The first-order valence-electron chi connectivity index (χ1n) is 8.81. The van der Waals surface area contributed by atoms with Crippen LogP contribution in [0.3, 0.4) is 0 Å².